The molecule has 28 heavy (non-hydrogen) atoms. The second kappa shape index (κ2) is 7.79. The Kier molecular flexibility index (Phi) is 5.21. The van der Waals surface area contributed by atoms with Crippen molar-refractivity contribution in [2.45, 2.75) is 13.0 Å². The Morgan fingerprint density at radius 3 is 2.68 bits per heavy atom. The van der Waals surface area contributed by atoms with Crippen LogP contribution in [0.3, 0.4) is 0 Å². The van der Waals surface area contributed by atoms with Gasteiger partial charge in [0.05, 0.1) is 16.4 Å². The fourth-order valence-electron chi connectivity index (χ4n) is 2.61. The van der Waals surface area contributed by atoms with Gasteiger partial charge in [-0.25, -0.2) is 4.98 Å². The largest absolute Gasteiger partial charge is 0.282 e. The normalized spacial score (nSPS) is 16.8. The first-order chi connectivity index (χ1) is 13.5. The summed E-state index contributed by atoms with van der Waals surface area (Å²) < 4.78 is 0. The van der Waals surface area contributed by atoms with Gasteiger partial charge in [0.15, 0.2) is 6.04 Å². The molecule has 2 aromatic carbocycles. The van der Waals surface area contributed by atoms with Gasteiger partial charge in [0.2, 0.25) is 5.13 Å². The summed E-state index contributed by atoms with van der Waals surface area (Å²) in [6, 6.07) is 13.8. The minimum absolute atomic E-state index is 0.305. The van der Waals surface area contributed by atoms with E-state index < -0.39 is 6.04 Å². The molecule has 1 amide bonds. The molecule has 0 unspecified atom stereocenters. The molecule has 6 nitrogen and oxygen atoms in total. The van der Waals surface area contributed by atoms with Gasteiger partial charge in [-0.2, -0.15) is 20.3 Å². The molecule has 0 N–H and O–H groups in total. The molecule has 0 saturated heterocycles. The molecular formula is C19H13Cl2N5OS. The lowest BCUT2D eigenvalue weighted by atomic mass is 10.2. The molecule has 0 saturated carbocycles. The highest BCUT2D eigenvalue weighted by Crippen LogP contribution is 2.32. The van der Waals surface area contributed by atoms with Crippen molar-refractivity contribution in [2.75, 3.05) is 5.01 Å². The Hall–Kier alpha value is -2.61. The van der Waals surface area contributed by atoms with E-state index >= 15 is 0 Å². The number of rotatable bonds is 4. The maximum atomic E-state index is 12.8. The molecule has 1 aromatic heterocycles. The standard InChI is InChI=1S/C19H13Cl2N5OS/c1-11-17(24-23-15-8-7-13(20)9-14(15)21)18(27)26(25-11)19-22-16(10-28-19)12-5-3-2-4-6-12/h2-10,17H,1H3/t17-/m0/s1. The van der Waals surface area contributed by atoms with E-state index in [2.05, 4.69) is 20.3 Å². The molecule has 1 atom stereocenters. The summed E-state index contributed by atoms with van der Waals surface area (Å²) in [5.41, 5.74) is 2.74. The summed E-state index contributed by atoms with van der Waals surface area (Å²) >= 11 is 13.3. The topological polar surface area (TPSA) is 70.3 Å². The number of hydrogen-bond acceptors (Lipinski definition) is 6. The van der Waals surface area contributed by atoms with Gasteiger partial charge in [0.25, 0.3) is 5.91 Å². The van der Waals surface area contributed by atoms with Crippen molar-refractivity contribution in [1.29, 1.82) is 0 Å². The van der Waals surface area contributed by atoms with E-state index in [9.17, 15) is 4.79 Å². The zero-order chi connectivity index (χ0) is 19.7. The number of hydrogen-bond donors (Lipinski definition) is 0. The Bertz CT molecular complexity index is 1100. The van der Waals surface area contributed by atoms with E-state index in [0.717, 1.165) is 11.3 Å². The van der Waals surface area contributed by atoms with E-state index in [1.54, 1.807) is 25.1 Å². The predicted octanol–water partition coefficient (Wildman–Crippen LogP) is 5.99. The molecule has 3 aromatic rings. The third kappa shape index (κ3) is 3.69. The number of thiazole rings is 1. The van der Waals surface area contributed by atoms with Crippen LogP contribution in [0.2, 0.25) is 10.0 Å². The lowest BCUT2D eigenvalue weighted by molar-refractivity contribution is -0.117. The van der Waals surface area contributed by atoms with Crippen molar-refractivity contribution < 1.29 is 4.79 Å². The second-order valence-electron chi connectivity index (χ2n) is 5.99. The van der Waals surface area contributed by atoms with Crippen LogP contribution < -0.4 is 5.01 Å². The zero-order valence-corrected chi connectivity index (χ0v) is 16.9. The fourth-order valence-corrected chi connectivity index (χ4v) is 3.85. The zero-order valence-electron chi connectivity index (χ0n) is 14.6. The molecule has 0 aliphatic carbocycles. The average molecular weight is 430 g/mol. The second-order valence-corrected chi connectivity index (χ2v) is 7.67. The first-order valence-corrected chi connectivity index (χ1v) is 9.92. The molecule has 0 spiro atoms. The number of amides is 1. The number of halogens is 2. The number of carbonyl (C=O) groups excluding carboxylic acids is 1. The third-order valence-electron chi connectivity index (χ3n) is 4.03. The van der Waals surface area contributed by atoms with Crippen LogP contribution in [0, 0.1) is 0 Å². The van der Waals surface area contributed by atoms with Crippen molar-refractivity contribution in [1.82, 2.24) is 4.98 Å². The molecule has 4 rings (SSSR count). The predicted molar refractivity (Wildman–Crippen MR) is 113 cm³/mol. The fraction of sp³-hybridized carbons (Fsp3) is 0.105. The number of anilines is 1. The van der Waals surface area contributed by atoms with Crippen LogP contribution in [0.15, 0.2) is 69.2 Å². The van der Waals surface area contributed by atoms with Gasteiger partial charge in [-0.1, -0.05) is 53.5 Å². The van der Waals surface area contributed by atoms with Gasteiger partial charge in [0, 0.05) is 16.0 Å². The molecule has 0 radical (unpaired) electrons. The molecule has 140 valence electrons. The smallest absolute Gasteiger partial charge is 0.269 e. The third-order valence-corrected chi connectivity index (χ3v) is 5.38. The van der Waals surface area contributed by atoms with Crippen LogP contribution in [-0.2, 0) is 4.79 Å². The van der Waals surface area contributed by atoms with Gasteiger partial charge < -0.3 is 0 Å². The quantitative estimate of drug-likeness (QED) is 0.477. The molecular weight excluding hydrogens is 417 g/mol. The number of aromatic nitrogens is 1. The lowest BCUT2D eigenvalue weighted by Crippen LogP contribution is -2.29. The summed E-state index contributed by atoms with van der Waals surface area (Å²) in [7, 11) is 0. The lowest BCUT2D eigenvalue weighted by Gasteiger charge is -2.08. The minimum atomic E-state index is -0.809. The first kappa shape index (κ1) is 18.7. The van der Waals surface area contributed by atoms with Crippen LogP contribution >= 0.6 is 34.5 Å². The number of azo groups is 1. The highest BCUT2D eigenvalue weighted by atomic mass is 35.5. The number of benzene rings is 2. The van der Waals surface area contributed by atoms with Crippen LogP contribution in [0.5, 0.6) is 0 Å². The van der Waals surface area contributed by atoms with Gasteiger partial charge in [-0.05, 0) is 25.1 Å². The Morgan fingerprint density at radius 2 is 1.93 bits per heavy atom. The maximum Gasteiger partial charge on any atom is 0.282 e. The molecule has 0 bridgehead atoms. The summed E-state index contributed by atoms with van der Waals surface area (Å²) in [6.45, 7) is 1.73. The van der Waals surface area contributed by atoms with E-state index in [4.69, 9.17) is 23.2 Å². The average Bonchev–Trinajstić information content (AvgIpc) is 3.27. The van der Waals surface area contributed by atoms with Gasteiger partial charge in [-0.15, -0.1) is 11.3 Å². The van der Waals surface area contributed by atoms with E-state index in [-0.39, 0.29) is 5.91 Å². The molecule has 1 aliphatic heterocycles. The van der Waals surface area contributed by atoms with Crippen LogP contribution in [-0.4, -0.2) is 22.6 Å². The molecule has 1 aliphatic rings. The first-order valence-electron chi connectivity index (χ1n) is 8.29. The maximum absolute atomic E-state index is 12.8. The Morgan fingerprint density at radius 1 is 1.14 bits per heavy atom. The van der Waals surface area contributed by atoms with Crippen LogP contribution in [0.25, 0.3) is 11.3 Å². The van der Waals surface area contributed by atoms with Crippen molar-refractivity contribution in [3.8, 4) is 11.3 Å². The molecule has 2 heterocycles. The molecule has 0 fully saturated rings. The van der Waals surface area contributed by atoms with E-state index in [1.165, 1.54) is 16.3 Å². The monoisotopic (exact) mass is 429 g/mol. The number of nitrogens with zero attached hydrogens (tertiary/aromatic N) is 5. The summed E-state index contributed by atoms with van der Waals surface area (Å²) in [4.78, 5) is 17.3. The highest BCUT2D eigenvalue weighted by molar-refractivity contribution is 7.14. The van der Waals surface area contributed by atoms with E-state index in [0.29, 0.717) is 26.6 Å². The Balaban J connectivity index is 1.55. The van der Waals surface area contributed by atoms with Gasteiger partial charge in [-0.3, -0.25) is 4.79 Å². The summed E-state index contributed by atoms with van der Waals surface area (Å²) in [5.74, 6) is -0.305. The van der Waals surface area contributed by atoms with Crippen molar-refractivity contribution in [3.05, 3.63) is 64.0 Å². The van der Waals surface area contributed by atoms with Crippen LogP contribution in [0.1, 0.15) is 6.92 Å². The molecule has 9 heteroatoms. The SMILES string of the molecule is CC1=NN(c2nc(-c3ccccc3)cs2)C(=O)[C@H]1N=Nc1ccc(Cl)cc1Cl. The highest BCUT2D eigenvalue weighted by Gasteiger charge is 2.36. The summed E-state index contributed by atoms with van der Waals surface area (Å²) in [5, 5.41) is 17.1. The van der Waals surface area contributed by atoms with Crippen molar-refractivity contribution >= 4 is 57.0 Å². The van der Waals surface area contributed by atoms with Crippen LogP contribution in [0.4, 0.5) is 10.8 Å². The van der Waals surface area contributed by atoms with Gasteiger partial charge >= 0.3 is 0 Å². The summed E-state index contributed by atoms with van der Waals surface area (Å²) in [6.07, 6.45) is 0. The minimum Gasteiger partial charge on any atom is -0.269 e. The van der Waals surface area contributed by atoms with E-state index in [1.807, 2.05) is 35.7 Å². The van der Waals surface area contributed by atoms with Crippen molar-refractivity contribution in [3.63, 3.8) is 0 Å². The number of carbonyl (C=O) groups is 1. The number of hydrazone groups is 1. The van der Waals surface area contributed by atoms with Crippen molar-refractivity contribution in [2.24, 2.45) is 15.3 Å². The Labute approximate surface area is 175 Å². The van der Waals surface area contributed by atoms with Gasteiger partial charge in [0.1, 0.15) is 5.69 Å².